The zero-order chi connectivity index (χ0) is 9.31. The predicted molar refractivity (Wildman–Crippen MR) is 52.1 cm³/mol. The summed E-state index contributed by atoms with van der Waals surface area (Å²) in [7, 11) is 0. The molecule has 0 unspecified atom stereocenters. The summed E-state index contributed by atoms with van der Waals surface area (Å²) in [6.07, 6.45) is 3.66. The summed E-state index contributed by atoms with van der Waals surface area (Å²) < 4.78 is 0. The van der Waals surface area contributed by atoms with E-state index in [1.54, 1.807) is 0 Å². The summed E-state index contributed by atoms with van der Waals surface area (Å²) in [5, 5.41) is 0. The zero-order valence-electron chi connectivity index (χ0n) is 7.90. The number of likely N-dealkylation sites (tertiary alicyclic amines) is 1. The van der Waals surface area contributed by atoms with Gasteiger partial charge in [0.15, 0.2) is 0 Å². The fourth-order valence-electron chi connectivity index (χ4n) is 1.83. The number of rotatable bonds is 2. The summed E-state index contributed by atoms with van der Waals surface area (Å²) in [6, 6.07) is 4.10. The number of hydrogen-bond acceptors (Lipinski definition) is 3. The van der Waals surface area contributed by atoms with Crippen LogP contribution in [0, 0.1) is 0 Å². The van der Waals surface area contributed by atoms with Crippen LogP contribution in [-0.2, 0) is 6.54 Å². The van der Waals surface area contributed by atoms with Gasteiger partial charge in [0.2, 0.25) is 0 Å². The average Bonchev–Trinajstić information content (AvgIpc) is 2.03. The van der Waals surface area contributed by atoms with E-state index in [1.807, 2.05) is 24.5 Å². The Morgan fingerprint density at radius 1 is 1.46 bits per heavy atom. The van der Waals surface area contributed by atoms with E-state index in [4.69, 9.17) is 5.73 Å². The second-order valence-electron chi connectivity index (χ2n) is 4.15. The molecule has 1 saturated heterocycles. The van der Waals surface area contributed by atoms with Crippen LogP contribution < -0.4 is 5.73 Å². The van der Waals surface area contributed by atoms with Crippen LogP contribution in [0.3, 0.4) is 0 Å². The van der Waals surface area contributed by atoms with Gasteiger partial charge in [-0.05, 0) is 24.6 Å². The van der Waals surface area contributed by atoms with Gasteiger partial charge >= 0.3 is 0 Å². The van der Waals surface area contributed by atoms with Gasteiger partial charge in [-0.3, -0.25) is 9.88 Å². The maximum atomic E-state index is 5.91. The smallest absolute Gasteiger partial charge is 0.0384 e. The minimum Gasteiger partial charge on any atom is -0.323 e. The minimum absolute atomic E-state index is 0.0348. The van der Waals surface area contributed by atoms with Crippen molar-refractivity contribution in [1.29, 1.82) is 0 Å². The van der Waals surface area contributed by atoms with E-state index in [-0.39, 0.29) is 5.54 Å². The molecule has 1 aliphatic heterocycles. The SMILES string of the molecule is CC1(N)CN(Cc2ccncc2)C1. The lowest BCUT2D eigenvalue weighted by Crippen LogP contribution is -2.64. The monoisotopic (exact) mass is 177 g/mol. The van der Waals surface area contributed by atoms with E-state index in [0.29, 0.717) is 0 Å². The molecule has 1 aliphatic rings. The first-order chi connectivity index (χ1) is 6.16. The molecule has 1 fully saturated rings. The largest absolute Gasteiger partial charge is 0.323 e. The predicted octanol–water partition coefficient (Wildman–Crippen LogP) is 0.615. The maximum absolute atomic E-state index is 5.91. The fraction of sp³-hybridized carbons (Fsp3) is 0.500. The summed E-state index contributed by atoms with van der Waals surface area (Å²) in [5.74, 6) is 0. The van der Waals surface area contributed by atoms with E-state index in [9.17, 15) is 0 Å². The summed E-state index contributed by atoms with van der Waals surface area (Å²) >= 11 is 0. The van der Waals surface area contributed by atoms with Gasteiger partial charge in [0.1, 0.15) is 0 Å². The third kappa shape index (κ3) is 2.05. The standard InChI is InChI=1S/C10H15N3/c1-10(11)7-13(8-10)6-9-2-4-12-5-3-9/h2-5H,6-8,11H2,1H3. The number of nitrogens with two attached hydrogens (primary N) is 1. The minimum atomic E-state index is 0.0348. The van der Waals surface area contributed by atoms with E-state index < -0.39 is 0 Å². The van der Waals surface area contributed by atoms with Crippen LogP contribution in [0.25, 0.3) is 0 Å². The van der Waals surface area contributed by atoms with E-state index in [1.165, 1.54) is 5.56 Å². The van der Waals surface area contributed by atoms with E-state index in [0.717, 1.165) is 19.6 Å². The molecule has 3 heteroatoms. The van der Waals surface area contributed by atoms with Crippen molar-refractivity contribution >= 4 is 0 Å². The van der Waals surface area contributed by atoms with Crippen molar-refractivity contribution in [3.8, 4) is 0 Å². The second kappa shape index (κ2) is 3.09. The molecule has 3 nitrogen and oxygen atoms in total. The van der Waals surface area contributed by atoms with Crippen LogP contribution in [0.1, 0.15) is 12.5 Å². The topological polar surface area (TPSA) is 42.1 Å². The molecule has 2 heterocycles. The zero-order valence-corrected chi connectivity index (χ0v) is 7.90. The highest BCUT2D eigenvalue weighted by Crippen LogP contribution is 2.19. The maximum Gasteiger partial charge on any atom is 0.0384 e. The van der Waals surface area contributed by atoms with E-state index >= 15 is 0 Å². The Balaban J connectivity index is 1.88. The van der Waals surface area contributed by atoms with Crippen LogP contribution in [0.5, 0.6) is 0 Å². The van der Waals surface area contributed by atoms with Crippen molar-refractivity contribution in [3.05, 3.63) is 30.1 Å². The molecule has 0 radical (unpaired) electrons. The molecule has 0 atom stereocenters. The van der Waals surface area contributed by atoms with Crippen molar-refractivity contribution in [2.45, 2.75) is 19.0 Å². The normalized spacial score (nSPS) is 21.1. The lowest BCUT2D eigenvalue weighted by molar-refractivity contribution is 0.0764. The third-order valence-corrected chi connectivity index (χ3v) is 2.33. The summed E-state index contributed by atoms with van der Waals surface area (Å²) in [5.41, 5.74) is 7.26. The second-order valence-corrected chi connectivity index (χ2v) is 4.15. The van der Waals surface area contributed by atoms with Gasteiger partial charge in [0, 0.05) is 37.6 Å². The first-order valence-corrected chi connectivity index (χ1v) is 4.56. The number of aromatic nitrogens is 1. The Morgan fingerprint density at radius 3 is 2.62 bits per heavy atom. The highest BCUT2D eigenvalue weighted by Gasteiger charge is 2.34. The van der Waals surface area contributed by atoms with Crippen LogP contribution in [-0.4, -0.2) is 28.5 Å². The highest BCUT2D eigenvalue weighted by atomic mass is 15.2. The van der Waals surface area contributed by atoms with Crippen LogP contribution in [0.2, 0.25) is 0 Å². The Kier molecular flexibility index (Phi) is 2.06. The quantitative estimate of drug-likeness (QED) is 0.720. The van der Waals surface area contributed by atoms with Gasteiger partial charge in [-0.1, -0.05) is 0 Å². The van der Waals surface area contributed by atoms with Gasteiger partial charge in [-0.2, -0.15) is 0 Å². The first kappa shape index (κ1) is 8.66. The Hall–Kier alpha value is -0.930. The first-order valence-electron chi connectivity index (χ1n) is 4.56. The molecule has 2 N–H and O–H groups in total. The molecule has 0 spiro atoms. The number of hydrogen-bond donors (Lipinski definition) is 1. The molecule has 70 valence electrons. The summed E-state index contributed by atoms with van der Waals surface area (Å²) in [6.45, 7) is 5.08. The average molecular weight is 177 g/mol. The van der Waals surface area contributed by atoms with Crippen molar-refractivity contribution in [2.75, 3.05) is 13.1 Å². The van der Waals surface area contributed by atoms with Gasteiger partial charge < -0.3 is 5.73 Å². The third-order valence-electron chi connectivity index (χ3n) is 2.33. The molecule has 2 rings (SSSR count). The highest BCUT2D eigenvalue weighted by molar-refractivity contribution is 5.11. The van der Waals surface area contributed by atoms with Crippen molar-refractivity contribution < 1.29 is 0 Å². The Labute approximate surface area is 78.6 Å². The lowest BCUT2D eigenvalue weighted by atomic mass is 9.93. The molecule has 0 amide bonds. The van der Waals surface area contributed by atoms with Crippen LogP contribution in [0.15, 0.2) is 24.5 Å². The van der Waals surface area contributed by atoms with Crippen molar-refractivity contribution in [1.82, 2.24) is 9.88 Å². The Morgan fingerprint density at radius 2 is 2.08 bits per heavy atom. The molecule has 1 aromatic heterocycles. The number of pyridine rings is 1. The molecule has 0 aliphatic carbocycles. The molecule has 13 heavy (non-hydrogen) atoms. The van der Waals surface area contributed by atoms with Gasteiger partial charge in [-0.15, -0.1) is 0 Å². The molecular formula is C10H15N3. The number of nitrogens with zero attached hydrogens (tertiary/aromatic N) is 2. The van der Waals surface area contributed by atoms with Crippen molar-refractivity contribution in [3.63, 3.8) is 0 Å². The molecule has 0 saturated carbocycles. The molecule has 1 aromatic rings. The summed E-state index contributed by atoms with van der Waals surface area (Å²) in [4.78, 5) is 6.32. The Bertz CT molecular complexity index is 273. The molecular weight excluding hydrogens is 162 g/mol. The van der Waals surface area contributed by atoms with Gasteiger partial charge in [0.25, 0.3) is 0 Å². The van der Waals surface area contributed by atoms with E-state index in [2.05, 4.69) is 16.8 Å². The van der Waals surface area contributed by atoms with Crippen LogP contribution in [0.4, 0.5) is 0 Å². The van der Waals surface area contributed by atoms with Gasteiger partial charge in [0.05, 0.1) is 0 Å². The van der Waals surface area contributed by atoms with Crippen molar-refractivity contribution in [2.24, 2.45) is 5.73 Å². The molecule has 0 bridgehead atoms. The van der Waals surface area contributed by atoms with Crippen LogP contribution >= 0.6 is 0 Å². The lowest BCUT2D eigenvalue weighted by Gasteiger charge is -2.45. The van der Waals surface area contributed by atoms with Gasteiger partial charge in [-0.25, -0.2) is 0 Å². The molecule has 0 aromatic carbocycles. The fourth-order valence-corrected chi connectivity index (χ4v) is 1.83.